The third-order valence-corrected chi connectivity index (χ3v) is 3.97. The van der Waals surface area contributed by atoms with Crippen molar-refractivity contribution in [3.05, 3.63) is 54.6 Å². The van der Waals surface area contributed by atoms with E-state index in [2.05, 4.69) is 0 Å². The lowest BCUT2D eigenvalue weighted by atomic mass is 10.2. The molecule has 2 rings (SSSR count). The predicted octanol–water partition coefficient (Wildman–Crippen LogP) is 3.88. The van der Waals surface area contributed by atoms with Crippen molar-refractivity contribution in [2.24, 2.45) is 0 Å². The molecule has 5 heteroatoms. The number of ether oxygens (including phenoxy) is 1. The quantitative estimate of drug-likeness (QED) is 0.758. The zero-order valence-corrected chi connectivity index (χ0v) is 15.8. The highest BCUT2D eigenvalue weighted by Gasteiger charge is 2.19. The van der Waals surface area contributed by atoms with E-state index >= 15 is 0 Å². The monoisotopic (exact) mass is 354 g/mol. The Hall–Kier alpha value is -2.82. The smallest absolute Gasteiger partial charge is 0.228 e. The number of para-hydroxylation sites is 3. The van der Waals surface area contributed by atoms with Crippen molar-refractivity contribution in [2.45, 2.75) is 33.3 Å². The van der Waals surface area contributed by atoms with Crippen molar-refractivity contribution in [3.8, 4) is 5.75 Å². The summed E-state index contributed by atoms with van der Waals surface area (Å²) in [5, 5.41) is 0. The highest BCUT2D eigenvalue weighted by atomic mass is 16.5. The lowest BCUT2D eigenvalue weighted by Gasteiger charge is -2.25. The second kappa shape index (κ2) is 9.04. The summed E-state index contributed by atoms with van der Waals surface area (Å²) in [7, 11) is 1.74. The van der Waals surface area contributed by atoms with Crippen molar-refractivity contribution in [2.75, 3.05) is 23.4 Å². The molecule has 0 heterocycles. The summed E-state index contributed by atoms with van der Waals surface area (Å²) in [5.74, 6) is 0.464. The van der Waals surface area contributed by atoms with Gasteiger partial charge in [-0.15, -0.1) is 0 Å². The highest BCUT2D eigenvalue weighted by Crippen LogP contribution is 2.29. The first-order valence-corrected chi connectivity index (χ1v) is 8.75. The summed E-state index contributed by atoms with van der Waals surface area (Å²) >= 11 is 0. The van der Waals surface area contributed by atoms with Crippen LogP contribution >= 0.6 is 0 Å². The molecule has 2 aromatic carbocycles. The van der Waals surface area contributed by atoms with E-state index in [4.69, 9.17) is 4.74 Å². The van der Waals surface area contributed by atoms with E-state index in [-0.39, 0.29) is 24.3 Å². The Kier molecular flexibility index (Phi) is 6.78. The topological polar surface area (TPSA) is 49.9 Å². The van der Waals surface area contributed by atoms with Gasteiger partial charge < -0.3 is 14.5 Å². The van der Waals surface area contributed by atoms with Crippen LogP contribution in [0, 0.1) is 0 Å². The van der Waals surface area contributed by atoms with Crippen LogP contribution < -0.4 is 14.5 Å². The minimum Gasteiger partial charge on any atom is -0.489 e. The zero-order chi connectivity index (χ0) is 19.1. The van der Waals surface area contributed by atoms with E-state index in [9.17, 15) is 9.59 Å². The van der Waals surface area contributed by atoms with Crippen LogP contribution in [0.3, 0.4) is 0 Å². The maximum absolute atomic E-state index is 12.5. The minimum absolute atomic E-state index is 0.00389. The van der Waals surface area contributed by atoms with Gasteiger partial charge in [0.1, 0.15) is 5.75 Å². The highest BCUT2D eigenvalue weighted by molar-refractivity contribution is 5.96. The van der Waals surface area contributed by atoms with E-state index in [1.165, 1.54) is 6.92 Å². The molecule has 26 heavy (non-hydrogen) atoms. The van der Waals surface area contributed by atoms with Gasteiger partial charge in [-0.3, -0.25) is 9.59 Å². The van der Waals surface area contributed by atoms with Crippen LogP contribution in [0.5, 0.6) is 5.75 Å². The largest absolute Gasteiger partial charge is 0.489 e. The fourth-order valence-electron chi connectivity index (χ4n) is 2.65. The second-order valence-electron chi connectivity index (χ2n) is 6.34. The Morgan fingerprint density at radius 1 is 1.00 bits per heavy atom. The summed E-state index contributed by atoms with van der Waals surface area (Å²) in [6, 6.07) is 16.8. The van der Waals surface area contributed by atoms with Gasteiger partial charge in [-0.25, -0.2) is 0 Å². The van der Waals surface area contributed by atoms with Crippen LogP contribution in [-0.2, 0) is 9.59 Å². The molecule has 0 bridgehead atoms. The number of benzene rings is 2. The van der Waals surface area contributed by atoms with Gasteiger partial charge in [0.05, 0.1) is 11.8 Å². The molecule has 0 unspecified atom stereocenters. The van der Waals surface area contributed by atoms with Crippen molar-refractivity contribution in [3.63, 3.8) is 0 Å². The van der Waals surface area contributed by atoms with Crippen molar-refractivity contribution < 1.29 is 14.3 Å². The van der Waals surface area contributed by atoms with Gasteiger partial charge in [0.15, 0.2) is 0 Å². The molecule has 0 N–H and O–H groups in total. The molecular formula is C21H26N2O3. The first-order chi connectivity index (χ1) is 12.4. The van der Waals surface area contributed by atoms with Crippen LogP contribution in [0.25, 0.3) is 0 Å². The van der Waals surface area contributed by atoms with Crippen LogP contribution in [0.2, 0.25) is 0 Å². The Morgan fingerprint density at radius 3 is 2.23 bits per heavy atom. The molecule has 0 fully saturated rings. The Balaban J connectivity index is 2.12. The summed E-state index contributed by atoms with van der Waals surface area (Å²) in [6.45, 7) is 5.67. The maximum atomic E-state index is 12.5. The van der Waals surface area contributed by atoms with E-state index in [1.54, 1.807) is 16.8 Å². The number of hydrogen-bond acceptors (Lipinski definition) is 3. The van der Waals surface area contributed by atoms with Crippen LogP contribution in [-0.4, -0.2) is 31.5 Å². The standard InChI is InChI=1S/C21H26N2O3/c1-16(2)26-20-13-9-8-12-19(20)23(17(3)24)15-14-21(25)22(4)18-10-6-5-7-11-18/h5-13,16H,14-15H2,1-4H3. The van der Waals surface area contributed by atoms with Crippen molar-refractivity contribution in [1.29, 1.82) is 0 Å². The lowest BCUT2D eigenvalue weighted by Crippen LogP contribution is -2.35. The molecule has 0 radical (unpaired) electrons. The molecule has 0 spiro atoms. The number of anilines is 2. The van der Waals surface area contributed by atoms with Gasteiger partial charge >= 0.3 is 0 Å². The number of nitrogens with zero attached hydrogens (tertiary/aromatic N) is 2. The molecule has 0 aromatic heterocycles. The van der Waals surface area contributed by atoms with Crippen LogP contribution in [0.15, 0.2) is 54.6 Å². The summed E-state index contributed by atoms with van der Waals surface area (Å²) < 4.78 is 5.81. The molecular weight excluding hydrogens is 328 g/mol. The summed E-state index contributed by atoms with van der Waals surface area (Å²) in [4.78, 5) is 27.9. The molecule has 2 amide bonds. The van der Waals surface area contributed by atoms with Gasteiger partial charge in [-0.2, -0.15) is 0 Å². The molecule has 0 saturated heterocycles. The van der Waals surface area contributed by atoms with E-state index in [0.717, 1.165) is 5.69 Å². The van der Waals surface area contributed by atoms with E-state index < -0.39 is 0 Å². The van der Waals surface area contributed by atoms with E-state index in [1.807, 2.05) is 68.4 Å². The summed E-state index contributed by atoms with van der Waals surface area (Å²) in [5.41, 5.74) is 1.51. The molecule has 0 aliphatic rings. The maximum Gasteiger partial charge on any atom is 0.228 e. The van der Waals surface area contributed by atoms with Gasteiger partial charge in [0.2, 0.25) is 11.8 Å². The number of carbonyl (C=O) groups excluding carboxylic acids is 2. The molecule has 138 valence electrons. The normalized spacial score (nSPS) is 10.5. The molecule has 0 aliphatic heterocycles. The average Bonchev–Trinajstić information content (AvgIpc) is 2.62. The van der Waals surface area contributed by atoms with Crippen LogP contribution in [0.4, 0.5) is 11.4 Å². The van der Waals surface area contributed by atoms with Crippen LogP contribution in [0.1, 0.15) is 27.2 Å². The first kappa shape index (κ1) is 19.5. The number of carbonyl (C=O) groups is 2. The fourth-order valence-corrected chi connectivity index (χ4v) is 2.65. The zero-order valence-electron chi connectivity index (χ0n) is 15.8. The molecule has 0 saturated carbocycles. The third kappa shape index (κ3) is 5.09. The first-order valence-electron chi connectivity index (χ1n) is 8.75. The van der Waals surface area contributed by atoms with Gasteiger partial charge in [0.25, 0.3) is 0 Å². The number of amides is 2. The molecule has 5 nitrogen and oxygen atoms in total. The van der Waals surface area contributed by atoms with E-state index in [0.29, 0.717) is 18.0 Å². The van der Waals surface area contributed by atoms with Crippen molar-refractivity contribution >= 4 is 23.2 Å². The Morgan fingerprint density at radius 2 is 1.62 bits per heavy atom. The summed E-state index contributed by atoms with van der Waals surface area (Å²) in [6.07, 6.45) is 0.219. The van der Waals surface area contributed by atoms with Gasteiger partial charge in [0, 0.05) is 32.6 Å². The molecule has 0 atom stereocenters. The Bertz CT molecular complexity index is 744. The minimum atomic E-state index is -0.125. The van der Waals surface area contributed by atoms with Crippen molar-refractivity contribution in [1.82, 2.24) is 0 Å². The van der Waals surface area contributed by atoms with Gasteiger partial charge in [-0.1, -0.05) is 30.3 Å². The molecule has 0 aliphatic carbocycles. The average molecular weight is 354 g/mol. The number of hydrogen-bond donors (Lipinski definition) is 0. The third-order valence-electron chi connectivity index (χ3n) is 3.97. The number of rotatable bonds is 7. The molecule has 2 aromatic rings. The lowest BCUT2D eigenvalue weighted by molar-refractivity contribution is -0.118. The predicted molar refractivity (Wildman–Crippen MR) is 105 cm³/mol. The SMILES string of the molecule is CC(=O)N(CCC(=O)N(C)c1ccccc1)c1ccccc1OC(C)C. The Labute approximate surface area is 155 Å². The van der Waals surface area contributed by atoms with Gasteiger partial charge in [-0.05, 0) is 38.1 Å². The fraction of sp³-hybridized carbons (Fsp3) is 0.333. The second-order valence-corrected chi connectivity index (χ2v) is 6.34.